The number of benzene rings is 3. The van der Waals surface area contributed by atoms with Crippen molar-refractivity contribution < 1.29 is 23.0 Å². The predicted molar refractivity (Wildman–Crippen MR) is 107 cm³/mol. The fourth-order valence-electron chi connectivity index (χ4n) is 2.68. The fraction of sp³-hybridized carbons (Fsp3) is 0.182. The molecule has 0 unspecified atom stereocenters. The van der Waals surface area contributed by atoms with Gasteiger partial charge >= 0.3 is 0 Å². The van der Waals surface area contributed by atoms with Gasteiger partial charge in [-0.3, -0.25) is 0 Å². The van der Waals surface area contributed by atoms with Crippen LogP contribution < -0.4 is 4.74 Å². The molecule has 6 heteroatoms. The summed E-state index contributed by atoms with van der Waals surface area (Å²) in [5.74, 6) is 0.542. The number of aliphatic hydroxyl groups is 1. The lowest BCUT2D eigenvalue weighted by Gasteiger charge is -2.24. The minimum absolute atomic E-state index is 0.0555. The summed E-state index contributed by atoms with van der Waals surface area (Å²) in [6.45, 7) is -0.157. The molecule has 3 aromatic rings. The molecule has 0 radical (unpaired) electrons. The molecule has 0 aliphatic rings. The molecule has 5 nitrogen and oxygen atoms in total. The molecule has 0 aromatic heterocycles. The Morgan fingerprint density at radius 3 is 1.93 bits per heavy atom. The van der Waals surface area contributed by atoms with E-state index in [0.717, 1.165) is 5.56 Å². The summed E-state index contributed by atoms with van der Waals surface area (Å²) in [5, 5.41) is 10.6. The fourth-order valence-corrected chi connectivity index (χ4v) is 4.23. The van der Waals surface area contributed by atoms with Crippen LogP contribution in [0.4, 0.5) is 0 Å². The maximum atomic E-state index is 13.1. The average molecular weight is 398 g/mol. The van der Waals surface area contributed by atoms with Crippen LogP contribution in [-0.2, 0) is 21.2 Å². The summed E-state index contributed by atoms with van der Waals surface area (Å²) < 4.78 is 37.3. The van der Waals surface area contributed by atoms with E-state index in [9.17, 15) is 13.5 Å². The quantitative estimate of drug-likeness (QED) is 0.598. The average Bonchev–Trinajstić information content (AvgIpc) is 2.74. The van der Waals surface area contributed by atoms with Crippen molar-refractivity contribution in [1.82, 2.24) is 0 Å². The maximum Gasteiger partial charge on any atom is 0.207 e. The number of ether oxygens (including phenoxy) is 2. The molecule has 0 bridgehead atoms. The zero-order valence-corrected chi connectivity index (χ0v) is 16.0. The zero-order valence-electron chi connectivity index (χ0n) is 15.2. The van der Waals surface area contributed by atoms with E-state index in [1.54, 1.807) is 42.5 Å². The first-order chi connectivity index (χ1) is 13.6. The van der Waals surface area contributed by atoms with E-state index in [1.165, 1.54) is 12.1 Å². The Kier molecular flexibility index (Phi) is 6.81. The molecule has 3 aromatic carbocycles. The van der Waals surface area contributed by atoms with Crippen LogP contribution in [0.5, 0.6) is 5.75 Å². The van der Waals surface area contributed by atoms with Gasteiger partial charge in [-0.15, -0.1) is 0 Å². The Bertz CT molecular complexity index is 944. The first-order valence-electron chi connectivity index (χ1n) is 8.88. The number of hydrogen-bond acceptors (Lipinski definition) is 5. The van der Waals surface area contributed by atoms with Crippen LogP contribution >= 0.6 is 0 Å². The third-order valence-corrected chi connectivity index (χ3v) is 6.10. The SMILES string of the molecule is O=S(=O)(c1ccccc1)[C@H](OCc1ccccc1)[C@@H](O)COc1ccccc1. The second-order valence-corrected chi connectivity index (χ2v) is 8.24. The number of para-hydroxylation sites is 1. The lowest BCUT2D eigenvalue weighted by atomic mass is 10.2. The van der Waals surface area contributed by atoms with Crippen LogP contribution in [0.1, 0.15) is 5.56 Å². The van der Waals surface area contributed by atoms with Gasteiger partial charge in [0.1, 0.15) is 18.5 Å². The summed E-state index contributed by atoms with van der Waals surface area (Å²) in [5.41, 5.74) is -0.647. The van der Waals surface area contributed by atoms with Crippen molar-refractivity contribution in [2.24, 2.45) is 0 Å². The van der Waals surface area contributed by atoms with Crippen molar-refractivity contribution in [2.45, 2.75) is 23.0 Å². The van der Waals surface area contributed by atoms with Gasteiger partial charge in [0.25, 0.3) is 0 Å². The lowest BCUT2D eigenvalue weighted by Crippen LogP contribution is -2.40. The number of hydrogen-bond donors (Lipinski definition) is 1. The molecule has 0 aliphatic carbocycles. The van der Waals surface area contributed by atoms with Gasteiger partial charge in [-0.25, -0.2) is 8.42 Å². The molecule has 0 amide bonds. The van der Waals surface area contributed by atoms with E-state index in [0.29, 0.717) is 5.75 Å². The second kappa shape index (κ2) is 9.50. The maximum absolute atomic E-state index is 13.1. The molecule has 0 saturated heterocycles. The van der Waals surface area contributed by atoms with E-state index >= 15 is 0 Å². The second-order valence-electron chi connectivity index (χ2n) is 6.21. The summed E-state index contributed by atoms with van der Waals surface area (Å²) >= 11 is 0. The Labute approximate surface area is 165 Å². The molecular weight excluding hydrogens is 376 g/mol. The number of sulfone groups is 1. The Morgan fingerprint density at radius 2 is 1.32 bits per heavy atom. The van der Waals surface area contributed by atoms with Gasteiger partial charge in [0, 0.05) is 0 Å². The molecular formula is C22H22O5S. The van der Waals surface area contributed by atoms with E-state index in [1.807, 2.05) is 36.4 Å². The Morgan fingerprint density at radius 1 is 0.786 bits per heavy atom. The third kappa shape index (κ3) is 5.19. The van der Waals surface area contributed by atoms with Crippen molar-refractivity contribution in [3.63, 3.8) is 0 Å². The molecule has 0 saturated carbocycles. The summed E-state index contributed by atoms with van der Waals surface area (Å²) in [6.07, 6.45) is -1.37. The van der Waals surface area contributed by atoms with Crippen molar-refractivity contribution in [3.8, 4) is 5.75 Å². The molecule has 146 valence electrons. The van der Waals surface area contributed by atoms with Crippen molar-refractivity contribution in [3.05, 3.63) is 96.6 Å². The first kappa shape index (κ1) is 20.1. The van der Waals surface area contributed by atoms with Crippen LogP contribution in [0, 0.1) is 0 Å². The van der Waals surface area contributed by atoms with E-state index < -0.39 is 21.4 Å². The van der Waals surface area contributed by atoms with Crippen LogP contribution in [0.15, 0.2) is 95.9 Å². The number of aliphatic hydroxyl groups excluding tert-OH is 1. The topological polar surface area (TPSA) is 72.8 Å². The molecule has 1 N–H and O–H groups in total. The minimum atomic E-state index is -3.93. The summed E-state index contributed by atoms with van der Waals surface area (Å²) in [6, 6.07) is 26.1. The summed E-state index contributed by atoms with van der Waals surface area (Å²) in [7, 11) is -3.93. The van der Waals surface area contributed by atoms with Gasteiger partial charge in [-0.2, -0.15) is 0 Å². The van der Waals surface area contributed by atoms with E-state index in [2.05, 4.69) is 0 Å². The molecule has 28 heavy (non-hydrogen) atoms. The van der Waals surface area contributed by atoms with Crippen LogP contribution in [0.3, 0.4) is 0 Å². The largest absolute Gasteiger partial charge is 0.491 e. The highest BCUT2D eigenvalue weighted by Gasteiger charge is 2.35. The highest BCUT2D eigenvalue weighted by Crippen LogP contribution is 2.22. The normalized spacial score (nSPS) is 13.6. The highest BCUT2D eigenvalue weighted by molar-refractivity contribution is 7.92. The van der Waals surface area contributed by atoms with Crippen LogP contribution in [-0.4, -0.2) is 31.7 Å². The predicted octanol–water partition coefficient (Wildman–Crippen LogP) is 3.44. The Hall–Kier alpha value is -2.67. The smallest absolute Gasteiger partial charge is 0.207 e. The van der Waals surface area contributed by atoms with Crippen molar-refractivity contribution in [2.75, 3.05) is 6.61 Å². The standard InChI is InChI=1S/C22H22O5S/c23-21(17-26-19-12-6-2-7-13-19)22(27-16-18-10-4-1-5-11-18)28(24,25)20-14-8-3-9-15-20/h1-15,21-23H,16-17H2/t21-,22-/m0/s1. The molecule has 0 fully saturated rings. The minimum Gasteiger partial charge on any atom is -0.491 e. The molecule has 0 aliphatic heterocycles. The zero-order chi connectivity index (χ0) is 19.8. The van der Waals surface area contributed by atoms with Gasteiger partial charge in [0.2, 0.25) is 9.84 Å². The molecule has 2 atom stereocenters. The van der Waals surface area contributed by atoms with Crippen molar-refractivity contribution in [1.29, 1.82) is 0 Å². The van der Waals surface area contributed by atoms with Gasteiger partial charge < -0.3 is 14.6 Å². The van der Waals surface area contributed by atoms with Gasteiger partial charge in [0.15, 0.2) is 5.44 Å². The Balaban J connectivity index is 1.79. The van der Waals surface area contributed by atoms with Crippen LogP contribution in [0.25, 0.3) is 0 Å². The van der Waals surface area contributed by atoms with Gasteiger partial charge in [-0.05, 0) is 29.8 Å². The van der Waals surface area contributed by atoms with Gasteiger partial charge in [-0.1, -0.05) is 66.7 Å². The first-order valence-corrected chi connectivity index (χ1v) is 10.4. The van der Waals surface area contributed by atoms with Crippen LogP contribution in [0.2, 0.25) is 0 Å². The van der Waals surface area contributed by atoms with E-state index in [-0.39, 0.29) is 18.1 Å². The lowest BCUT2D eigenvalue weighted by molar-refractivity contribution is -0.0193. The monoisotopic (exact) mass is 398 g/mol. The third-order valence-electron chi connectivity index (χ3n) is 4.11. The molecule has 3 rings (SSSR count). The number of rotatable bonds is 9. The molecule has 0 spiro atoms. The molecule has 0 heterocycles. The van der Waals surface area contributed by atoms with E-state index in [4.69, 9.17) is 9.47 Å². The van der Waals surface area contributed by atoms with Crippen molar-refractivity contribution >= 4 is 9.84 Å². The highest BCUT2D eigenvalue weighted by atomic mass is 32.2. The van der Waals surface area contributed by atoms with Gasteiger partial charge in [0.05, 0.1) is 11.5 Å². The summed E-state index contributed by atoms with van der Waals surface area (Å²) in [4.78, 5) is 0.0897.